The largest absolute Gasteiger partial charge is 0.573 e. The van der Waals surface area contributed by atoms with Crippen molar-refractivity contribution in [2.75, 3.05) is 13.6 Å². The van der Waals surface area contributed by atoms with Crippen molar-refractivity contribution in [3.05, 3.63) is 45.4 Å². The van der Waals surface area contributed by atoms with Gasteiger partial charge < -0.3 is 15.4 Å². The Balaban J connectivity index is 0.00000364. The number of hydrogen-bond acceptors (Lipinski definition) is 4. The summed E-state index contributed by atoms with van der Waals surface area (Å²) in [5, 5.41) is 7.43. The standard InChI is InChI=1S/C17H21F3N4OS.HI/c1-11-15(26-12(2)24-11)10-23-16(21-3)22-9-8-13-4-6-14(7-5-13)25-17(18,19)20;/h4-7H,8-10H2,1-3H3,(H2,21,22,23);1H. The Morgan fingerprint density at radius 3 is 2.37 bits per heavy atom. The zero-order valence-electron chi connectivity index (χ0n) is 15.2. The molecule has 0 aliphatic heterocycles. The third-order valence-corrected chi connectivity index (χ3v) is 4.58. The molecule has 0 unspecified atom stereocenters. The van der Waals surface area contributed by atoms with Crippen molar-refractivity contribution in [1.82, 2.24) is 15.6 Å². The lowest BCUT2D eigenvalue weighted by molar-refractivity contribution is -0.274. The van der Waals surface area contributed by atoms with E-state index in [1.54, 1.807) is 30.5 Å². The van der Waals surface area contributed by atoms with Crippen LogP contribution in [0, 0.1) is 13.8 Å². The van der Waals surface area contributed by atoms with Gasteiger partial charge >= 0.3 is 6.36 Å². The topological polar surface area (TPSA) is 58.5 Å². The van der Waals surface area contributed by atoms with E-state index >= 15 is 0 Å². The van der Waals surface area contributed by atoms with Gasteiger partial charge in [0.1, 0.15) is 5.75 Å². The SMILES string of the molecule is CN=C(NCCc1ccc(OC(F)(F)F)cc1)NCc1sc(C)nc1C.I. The van der Waals surface area contributed by atoms with Crippen molar-refractivity contribution in [2.24, 2.45) is 4.99 Å². The van der Waals surface area contributed by atoms with E-state index in [1.807, 2.05) is 13.8 Å². The van der Waals surface area contributed by atoms with Gasteiger partial charge in [-0.15, -0.1) is 48.5 Å². The Hall–Kier alpha value is -1.56. The number of aromatic nitrogens is 1. The molecule has 2 aromatic rings. The molecule has 1 aromatic heterocycles. The van der Waals surface area contributed by atoms with E-state index in [0.717, 1.165) is 21.1 Å². The number of rotatable bonds is 6. The lowest BCUT2D eigenvalue weighted by atomic mass is 10.1. The highest BCUT2D eigenvalue weighted by atomic mass is 127. The molecule has 0 radical (unpaired) electrons. The molecule has 27 heavy (non-hydrogen) atoms. The van der Waals surface area contributed by atoms with Crippen LogP contribution in [0.2, 0.25) is 0 Å². The number of benzene rings is 1. The van der Waals surface area contributed by atoms with Gasteiger partial charge in [0.25, 0.3) is 0 Å². The second-order valence-corrected chi connectivity index (χ2v) is 6.82. The van der Waals surface area contributed by atoms with Crippen LogP contribution >= 0.6 is 35.3 Å². The molecular weight excluding hydrogens is 492 g/mol. The molecule has 0 amide bonds. The minimum Gasteiger partial charge on any atom is -0.406 e. The Bertz CT molecular complexity index is 748. The number of nitrogens with one attached hydrogen (secondary N) is 2. The maximum atomic E-state index is 12.1. The molecule has 0 bridgehead atoms. The molecule has 0 saturated carbocycles. The van der Waals surface area contributed by atoms with E-state index in [1.165, 1.54) is 12.1 Å². The molecule has 2 rings (SSSR count). The van der Waals surface area contributed by atoms with Gasteiger partial charge in [-0.2, -0.15) is 0 Å². The number of aryl methyl sites for hydroxylation is 2. The van der Waals surface area contributed by atoms with Crippen molar-refractivity contribution in [3.8, 4) is 5.75 Å². The maximum absolute atomic E-state index is 12.1. The smallest absolute Gasteiger partial charge is 0.406 e. The third kappa shape index (κ3) is 8.33. The Labute approximate surface area is 177 Å². The monoisotopic (exact) mass is 514 g/mol. The van der Waals surface area contributed by atoms with Crippen LogP contribution < -0.4 is 15.4 Å². The van der Waals surface area contributed by atoms with Crippen LogP contribution in [0.4, 0.5) is 13.2 Å². The average molecular weight is 514 g/mol. The van der Waals surface area contributed by atoms with Gasteiger partial charge in [-0.05, 0) is 38.0 Å². The normalized spacial score (nSPS) is 11.7. The first kappa shape index (κ1) is 23.5. The van der Waals surface area contributed by atoms with Gasteiger partial charge in [0.05, 0.1) is 17.2 Å². The van der Waals surface area contributed by atoms with Crippen LogP contribution in [0.1, 0.15) is 21.1 Å². The Kier molecular flexibility index (Phi) is 9.30. The summed E-state index contributed by atoms with van der Waals surface area (Å²) < 4.78 is 40.3. The molecule has 0 spiro atoms. The predicted molar refractivity (Wildman–Crippen MR) is 112 cm³/mol. The fraction of sp³-hybridized carbons (Fsp3) is 0.412. The molecule has 1 aromatic carbocycles. The number of alkyl halides is 3. The summed E-state index contributed by atoms with van der Waals surface area (Å²) in [6, 6.07) is 5.85. The van der Waals surface area contributed by atoms with Crippen molar-refractivity contribution in [2.45, 2.75) is 33.2 Å². The molecule has 1 heterocycles. The van der Waals surface area contributed by atoms with Crippen LogP contribution in [-0.2, 0) is 13.0 Å². The van der Waals surface area contributed by atoms with Crippen LogP contribution in [0.25, 0.3) is 0 Å². The second-order valence-electron chi connectivity index (χ2n) is 5.54. The fourth-order valence-electron chi connectivity index (χ4n) is 2.31. The lowest BCUT2D eigenvalue weighted by Crippen LogP contribution is -2.37. The van der Waals surface area contributed by atoms with Crippen LogP contribution in [-0.4, -0.2) is 30.9 Å². The minimum absolute atomic E-state index is 0. The van der Waals surface area contributed by atoms with Crippen molar-refractivity contribution >= 4 is 41.3 Å². The fourth-order valence-corrected chi connectivity index (χ4v) is 3.18. The number of halogens is 4. The maximum Gasteiger partial charge on any atom is 0.573 e. The van der Waals surface area contributed by atoms with Gasteiger partial charge in [-0.3, -0.25) is 4.99 Å². The summed E-state index contributed by atoms with van der Waals surface area (Å²) >= 11 is 1.64. The van der Waals surface area contributed by atoms with E-state index in [2.05, 4.69) is 25.3 Å². The average Bonchev–Trinajstić information content (AvgIpc) is 2.88. The molecule has 0 fully saturated rings. The van der Waals surface area contributed by atoms with E-state index in [4.69, 9.17) is 0 Å². The van der Waals surface area contributed by atoms with Gasteiger partial charge in [-0.1, -0.05) is 12.1 Å². The molecule has 2 N–H and O–H groups in total. The number of ether oxygens (including phenoxy) is 1. The number of aliphatic imine (C=N–C) groups is 1. The first-order valence-electron chi connectivity index (χ1n) is 7.99. The van der Waals surface area contributed by atoms with Crippen LogP contribution in [0.5, 0.6) is 5.75 Å². The Morgan fingerprint density at radius 1 is 1.19 bits per heavy atom. The second kappa shape index (κ2) is 10.7. The summed E-state index contributed by atoms with van der Waals surface area (Å²) in [7, 11) is 1.68. The number of nitrogens with zero attached hydrogens (tertiary/aromatic N) is 2. The van der Waals surface area contributed by atoms with Crippen LogP contribution in [0.3, 0.4) is 0 Å². The first-order chi connectivity index (χ1) is 12.3. The summed E-state index contributed by atoms with van der Waals surface area (Å²) in [5.41, 5.74) is 1.91. The zero-order valence-corrected chi connectivity index (χ0v) is 18.3. The van der Waals surface area contributed by atoms with Gasteiger partial charge in [0, 0.05) is 18.5 Å². The van der Waals surface area contributed by atoms with E-state index in [0.29, 0.717) is 25.5 Å². The highest BCUT2D eigenvalue weighted by Gasteiger charge is 2.30. The van der Waals surface area contributed by atoms with Gasteiger partial charge in [0.15, 0.2) is 5.96 Å². The minimum atomic E-state index is -4.67. The van der Waals surface area contributed by atoms with E-state index in [-0.39, 0.29) is 29.7 Å². The number of thiazole rings is 1. The van der Waals surface area contributed by atoms with E-state index < -0.39 is 6.36 Å². The van der Waals surface area contributed by atoms with Gasteiger partial charge in [0.2, 0.25) is 0 Å². The van der Waals surface area contributed by atoms with E-state index in [9.17, 15) is 13.2 Å². The zero-order chi connectivity index (χ0) is 19.2. The van der Waals surface area contributed by atoms with Crippen molar-refractivity contribution < 1.29 is 17.9 Å². The first-order valence-corrected chi connectivity index (χ1v) is 8.80. The summed E-state index contributed by atoms with van der Waals surface area (Å²) in [6.07, 6.45) is -4.03. The summed E-state index contributed by atoms with van der Waals surface area (Å²) in [6.45, 7) is 5.18. The predicted octanol–water partition coefficient (Wildman–Crippen LogP) is 4.18. The number of guanidine groups is 1. The molecule has 150 valence electrons. The molecule has 5 nitrogen and oxygen atoms in total. The lowest BCUT2D eigenvalue weighted by Gasteiger charge is -2.12. The Morgan fingerprint density at radius 2 is 1.85 bits per heavy atom. The van der Waals surface area contributed by atoms with Gasteiger partial charge in [-0.25, -0.2) is 4.98 Å². The number of hydrogen-bond donors (Lipinski definition) is 2. The highest BCUT2D eigenvalue weighted by Crippen LogP contribution is 2.22. The molecular formula is C17H22F3IN4OS. The van der Waals surface area contributed by atoms with Crippen LogP contribution in [0.15, 0.2) is 29.3 Å². The molecule has 10 heteroatoms. The summed E-state index contributed by atoms with van der Waals surface area (Å²) in [4.78, 5) is 9.70. The summed E-state index contributed by atoms with van der Waals surface area (Å²) in [5.74, 6) is 0.439. The molecule has 0 aliphatic rings. The molecule has 0 saturated heterocycles. The molecule has 0 aliphatic carbocycles. The van der Waals surface area contributed by atoms with Crippen molar-refractivity contribution in [1.29, 1.82) is 0 Å². The van der Waals surface area contributed by atoms with Crippen molar-refractivity contribution in [3.63, 3.8) is 0 Å². The highest BCUT2D eigenvalue weighted by molar-refractivity contribution is 14.0. The quantitative estimate of drug-likeness (QED) is 0.345. The third-order valence-electron chi connectivity index (χ3n) is 3.50. The molecule has 0 atom stereocenters.